The Balaban J connectivity index is 2.63. The molecule has 0 spiro atoms. The third kappa shape index (κ3) is 2.08. The van der Waals surface area contributed by atoms with Gasteiger partial charge in [-0.25, -0.2) is 14.4 Å². The zero-order valence-corrected chi connectivity index (χ0v) is 9.74. The molecule has 1 N–H and O–H groups in total. The van der Waals surface area contributed by atoms with Crippen LogP contribution in [-0.2, 0) is 6.42 Å². The van der Waals surface area contributed by atoms with E-state index in [0.29, 0.717) is 11.3 Å². The molecule has 0 aliphatic rings. The minimum Gasteiger partial charge on any atom is -0.373 e. The van der Waals surface area contributed by atoms with E-state index in [1.54, 1.807) is 19.3 Å². The lowest BCUT2D eigenvalue weighted by molar-refractivity contribution is 0.624. The molecule has 0 aromatic carbocycles. The van der Waals surface area contributed by atoms with Gasteiger partial charge in [-0.1, -0.05) is 6.92 Å². The lowest BCUT2D eigenvalue weighted by Crippen LogP contribution is -2.03. The largest absolute Gasteiger partial charge is 0.373 e. The number of nitrogens with one attached hydrogen (secondary N) is 1. The molecule has 0 atom stereocenters. The Labute approximate surface area is 99.0 Å². The van der Waals surface area contributed by atoms with Crippen molar-refractivity contribution in [3.63, 3.8) is 0 Å². The van der Waals surface area contributed by atoms with E-state index in [0.717, 1.165) is 17.8 Å². The van der Waals surface area contributed by atoms with Gasteiger partial charge in [0.25, 0.3) is 0 Å². The van der Waals surface area contributed by atoms with Crippen LogP contribution in [0.5, 0.6) is 0 Å². The molecule has 88 valence electrons. The summed E-state index contributed by atoms with van der Waals surface area (Å²) in [6.07, 6.45) is 4.91. The highest BCUT2D eigenvalue weighted by atomic mass is 19.1. The van der Waals surface area contributed by atoms with Crippen molar-refractivity contribution in [3.05, 3.63) is 36.2 Å². The van der Waals surface area contributed by atoms with Gasteiger partial charge in [-0.2, -0.15) is 0 Å². The van der Waals surface area contributed by atoms with Crippen LogP contribution < -0.4 is 5.32 Å². The predicted octanol–water partition coefficient (Wildman–Crippen LogP) is 2.28. The van der Waals surface area contributed by atoms with Crippen LogP contribution in [0.1, 0.15) is 12.5 Å². The second-order valence-corrected chi connectivity index (χ2v) is 3.51. The Morgan fingerprint density at radius 2 is 2.18 bits per heavy atom. The molecule has 2 heterocycles. The molecule has 2 aromatic heterocycles. The Bertz CT molecular complexity index is 528. The van der Waals surface area contributed by atoms with E-state index in [1.807, 2.05) is 6.92 Å². The number of halogens is 1. The molecular formula is C12H13FN4. The van der Waals surface area contributed by atoms with E-state index in [-0.39, 0.29) is 5.82 Å². The van der Waals surface area contributed by atoms with Crippen molar-refractivity contribution < 1.29 is 4.39 Å². The summed E-state index contributed by atoms with van der Waals surface area (Å²) in [7, 11) is 1.79. The summed E-state index contributed by atoms with van der Waals surface area (Å²) in [5, 5.41) is 2.99. The molecule has 0 fully saturated rings. The lowest BCUT2D eigenvalue weighted by Gasteiger charge is -2.11. The predicted molar refractivity (Wildman–Crippen MR) is 64.1 cm³/mol. The van der Waals surface area contributed by atoms with Gasteiger partial charge in [0.15, 0.2) is 5.82 Å². The molecule has 0 amide bonds. The first-order valence-electron chi connectivity index (χ1n) is 5.39. The fourth-order valence-electron chi connectivity index (χ4n) is 1.76. The van der Waals surface area contributed by atoms with Gasteiger partial charge < -0.3 is 5.32 Å². The van der Waals surface area contributed by atoms with Crippen LogP contribution in [-0.4, -0.2) is 22.0 Å². The minimum absolute atomic E-state index is 0.372. The molecule has 0 aliphatic carbocycles. The maximum Gasteiger partial charge on any atom is 0.150 e. The van der Waals surface area contributed by atoms with E-state index in [1.165, 1.54) is 12.5 Å². The molecule has 2 aromatic rings. The van der Waals surface area contributed by atoms with Gasteiger partial charge in [0.05, 0.1) is 11.9 Å². The van der Waals surface area contributed by atoms with E-state index in [2.05, 4.69) is 20.3 Å². The molecule has 0 aliphatic heterocycles. The SMILES string of the molecule is CCc1c(NC)ncnc1-c1ccncc1F. The lowest BCUT2D eigenvalue weighted by atomic mass is 10.1. The zero-order chi connectivity index (χ0) is 12.3. The van der Waals surface area contributed by atoms with Gasteiger partial charge in [-0.05, 0) is 12.5 Å². The van der Waals surface area contributed by atoms with Crippen LogP contribution in [0.25, 0.3) is 11.3 Å². The quantitative estimate of drug-likeness (QED) is 0.882. The van der Waals surface area contributed by atoms with E-state index in [9.17, 15) is 4.39 Å². The summed E-state index contributed by atoms with van der Waals surface area (Å²) in [4.78, 5) is 12.0. The number of anilines is 1. The summed E-state index contributed by atoms with van der Waals surface area (Å²) in [5.74, 6) is 0.358. The van der Waals surface area contributed by atoms with Crippen molar-refractivity contribution in [2.75, 3.05) is 12.4 Å². The smallest absolute Gasteiger partial charge is 0.150 e. The van der Waals surface area contributed by atoms with Gasteiger partial charge in [-0.3, -0.25) is 4.98 Å². The fraction of sp³-hybridized carbons (Fsp3) is 0.250. The van der Waals surface area contributed by atoms with Gasteiger partial charge in [0.2, 0.25) is 0 Å². The summed E-state index contributed by atoms with van der Waals surface area (Å²) in [5.41, 5.74) is 1.97. The molecule has 0 saturated heterocycles. The standard InChI is InChI=1S/C12H13FN4/c1-3-8-11(16-7-17-12(8)14-2)9-4-5-15-6-10(9)13/h4-7H,3H2,1-2H3,(H,14,16,17). The van der Waals surface area contributed by atoms with Crippen LogP contribution in [0.15, 0.2) is 24.8 Å². The van der Waals surface area contributed by atoms with Gasteiger partial charge >= 0.3 is 0 Å². The number of aromatic nitrogens is 3. The fourth-order valence-corrected chi connectivity index (χ4v) is 1.76. The molecule has 17 heavy (non-hydrogen) atoms. The molecule has 0 saturated carbocycles. The van der Waals surface area contributed by atoms with Crippen molar-refractivity contribution in [2.24, 2.45) is 0 Å². The second kappa shape index (κ2) is 4.86. The summed E-state index contributed by atoms with van der Waals surface area (Å²) in [6, 6.07) is 1.62. The third-order valence-corrected chi connectivity index (χ3v) is 2.56. The second-order valence-electron chi connectivity index (χ2n) is 3.51. The van der Waals surface area contributed by atoms with Crippen LogP contribution in [0, 0.1) is 5.82 Å². The van der Waals surface area contributed by atoms with E-state index < -0.39 is 0 Å². The summed E-state index contributed by atoms with van der Waals surface area (Å²) >= 11 is 0. The van der Waals surface area contributed by atoms with Crippen molar-refractivity contribution in [2.45, 2.75) is 13.3 Å². The molecular weight excluding hydrogens is 219 g/mol. The van der Waals surface area contributed by atoms with Crippen LogP contribution >= 0.6 is 0 Å². The van der Waals surface area contributed by atoms with Crippen LogP contribution in [0.4, 0.5) is 10.2 Å². The first-order chi connectivity index (χ1) is 8.27. The maximum absolute atomic E-state index is 13.7. The Morgan fingerprint density at radius 3 is 2.82 bits per heavy atom. The highest BCUT2D eigenvalue weighted by molar-refractivity contribution is 5.68. The summed E-state index contributed by atoms with van der Waals surface area (Å²) < 4.78 is 13.7. The number of nitrogens with zero attached hydrogens (tertiary/aromatic N) is 3. The number of rotatable bonds is 3. The van der Waals surface area contributed by atoms with Crippen LogP contribution in [0.2, 0.25) is 0 Å². The normalized spacial score (nSPS) is 10.3. The maximum atomic E-state index is 13.7. The average molecular weight is 232 g/mol. The topological polar surface area (TPSA) is 50.7 Å². The van der Waals surface area contributed by atoms with Crippen LogP contribution in [0.3, 0.4) is 0 Å². The van der Waals surface area contributed by atoms with Crippen molar-refractivity contribution in [3.8, 4) is 11.3 Å². The number of pyridine rings is 1. The number of hydrogen-bond donors (Lipinski definition) is 1. The van der Waals surface area contributed by atoms with E-state index in [4.69, 9.17) is 0 Å². The number of hydrogen-bond acceptors (Lipinski definition) is 4. The Morgan fingerprint density at radius 1 is 1.35 bits per heavy atom. The van der Waals surface area contributed by atoms with Gasteiger partial charge in [0.1, 0.15) is 12.1 Å². The van der Waals surface area contributed by atoms with Crippen molar-refractivity contribution in [1.82, 2.24) is 15.0 Å². The molecule has 2 rings (SSSR count). The first-order valence-corrected chi connectivity index (χ1v) is 5.39. The average Bonchev–Trinajstić information content (AvgIpc) is 2.38. The van der Waals surface area contributed by atoms with Crippen molar-refractivity contribution in [1.29, 1.82) is 0 Å². The summed E-state index contributed by atoms with van der Waals surface area (Å²) in [6.45, 7) is 1.99. The highest BCUT2D eigenvalue weighted by Crippen LogP contribution is 2.27. The highest BCUT2D eigenvalue weighted by Gasteiger charge is 2.13. The van der Waals surface area contributed by atoms with Crippen molar-refractivity contribution >= 4 is 5.82 Å². The monoisotopic (exact) mass is 232 g/mol. The third-order valence-electron chi connectivity index (χ3n) is 2.56. The molecule has 4 nitrogen and oxygen atoms in total. The molecule has 0 bridgehead atoms. The Kier molecular flexibility index (Phi) is 3.27. The van der Waals surface area contributed by atoms with Gasteiger partial charge in [-0.15, -0.1) is 0 Å². The molecule has 5 heteroatoms. The molecule has 0 unspecified atom stereocenters. The Hall–Kier alpha value is -2.04. The zero-order valence-electron chi connectivity index (χ0n) is 9.74. The van der Waals surface area contributed by atoms with Gasteiger partial charge in [0, 0.05) is 24.4 Å². The minimum atomic E-state index is -0.372. The van der Waals surface area contributed by atoms with E-state index >= 15 is 0 Å². The first kappa shape index (κ1) is 11.4. The molecule has 0 radical (unpaired) electrons.